The summed E-state index contributed by atoms with van der Waals surface area (Å²) in [6.45, 7) is 1.88. The summed E-state index contributed by atoms with van der Waals surface area (Å²) in [6, 6.07) is 5.41. The third-order valence-corrected chi connectivity index (χ3v) is 3.64. The molecule has 0 spiro atoms. The van der Waals surface area contributed by atoms with Crippen molar-refractivity contribution in [3.8, 4) is 0 Å². The highest BCUT2D eigenvalue weighted by Gasteiger charge is 2.34. The van der Waals surface area contributed by atoms with Crippen LogP contribution in [-0.2, 0) is 9.59 Å². The van der Waals surface area contributed by atoms with Crippen molar-refractivity contribution in [2.24, 2.45) is 11.8 Å². The van der Waals surface area contributed by atoms with E-state index in [-0.39, 0.29) is 23.8 Å². The van der Waals surface area contributed by atoms with E-state index in [0.29, 0.717) is 19.3 Å². The smallest absolute Gasteiger partial charge is 0.306 e. The zero-order chi connectivity index (χ0) is 13.8. The summed E-state index contributed by atoms with van der Waals surface area (Å²) in [5.41, 5.74) is 0.809. The average molecular weight is 262 g/mol. The van der Waals surface area contributed by atoms with E-state index in [0.717, 1.165) is 5.69 Å². The van der Waals surface area contributed by atoms with Gasteiger partial charge in [-0.3, -0.25) is 14.6 Å². The predicted molar refractivity (Wildman–Crippen MR) is 69.3 cm³/mol. The first-order valence-corrected chi connectivity index (χ1v) is 6.52. The number of carbonyl (C=O) groups is 2. The lowest BCUT2D eigenvalue weighted by molar-refractivity contribution is -0.141. The number of carboxylic acid groups (broad SMARTS) is 1. The molecule has 0 radical (unpaired) electrons. The van der Waals surface area contributed by atoms with E-state index in [1.807, 2.05) is 25.1 Å². The van der Waals surface area contributed by atoms with Crippen LogP contribution < -0.4 is 5.32 Å². The minimum Gasteiger partial charge on any atom is -0.481 e. The fraction of sp³-hybridized carbons (Fsp3) is 0.500. The van der Waals surface area contributed by atoms with Gasteiger partial charge in [-0.2, -0.15) is 0 Å². The summed E-state index contributed by atoms with van der Waals surface area (Å²) in [4.78, 5) is 27.1. The van der Waals surface area contributed by atoms with Crippen molar-refractivity contribution >= 4 is 11.9 Å². The van der Waals surface area contributed by atoms with Crippen LogP contribution in [0.3, 0.4) is 0 Å². The highest BCUT2D eigenvalue weighted by Crippen LogP contribution is 2.31. The van der Waals surface area contributed by atoms with Gasteiger partial charge in [-0.25, -0.2) is 0 Å². The Hall–Kier alpha value is -1.91. The molecule has 19 heavy (non-hydrogen) atoms. The van der Waals surface area contributed by atoms with Gasteiger partial charge >= 0.3 is 5.97 Å². The minimum atomic E-state index is -0.798. The Balaban J connectivity index is 1.90. The van der Waals surface area contributed by atoms with Crippen LogP contribution in [0.15, 0.2) is 24.4 Å². The normalized spacial score (nSPS) is 23.8. The number of nitrogens with one attached hydrogen (secondary N) is 1. The van der Waals surface area contributed by atoms with Crippen LogP contribution in [0, 0.1) is 11.8 Å². The van der Waals surface area contributed by atoms with Crippen molar-refractivity contribution in [2.45, 2.75) is 32.2 Å². The Morgan fingerprint density at radius 1 is 1.37 bits per heavy atom. The second kappa shape index (κ2) is 5.82. The minimum absolute atomic E-state index is 0.0677. The zero-order valence-corrected chi connectivity index (χ0v) is 10.9. The molecular formula is C14H18N2O3. The second-order valence-corrected chi connectivity index (χ2v) is 5.03. The summed E-state index contributed by atoms with van der Waals surface area (Å²) in [5, 5.41) is 11.8. The number of hydrogen-bond acceptors (Lipinski definition) is 3. The Bertz CT molecular complexity index is 461. The van der Waals surface area contributed by atoms with Gasteiger partial charge < -0.3 is 10.4 Å². The molecule has 1 aromatic rings. The number of pyridine rings is 1. The lowest BCUT2D eigenvalue weighted by atomic mass is 10.0. The molecule has 0 saturated heterocycles. The fourth-order valence-electron chi connectivity index (χ4n) is 2.48. The molecule has 102 valence electrons. The van der Waals surface area contributed by atoms with Crippen molar-refractivity contribution in [1.82, 2.24) is 10.3 Å². The number of hydrogen-bond donors (Lipinski definition) is 2. The topological polar surface area (TPSA) is 79.3 Å². The zero-order valence-electron chi connectivity index (χ0n) is 10.9. The monoisotopic (exact) mass is 262 g/mol. The van der Waals surface area contributed by atoms with Gasteiger partial charge in [-0.05, 0) is 38.3 Å². The van der Waals surface area contributed by atoms with Crippen LogP contribution in [0.5, 0.6) is 0 Å². The SMILES string of the molecule is CC(NC(=O)C1CCC(C(=O)O)C1)c1ccccn1. The molecule has 1 saturated carbocycles. The summed E-state index contributed by atoms with van der Waals surface area (Å²) in [6.07, 6.45) is 3.37. The third kappa shape index (κ3) is 3.30. The molecule has 3 unspecified atom stereocenters. The molecule has 1 heterocycles. The van der Waals surface area contributed by atoms with Gasteiger partial charge in [0.25, 0.3) is 0 Å². The van der Waals surface area contributed by atoms with E-state index in [4.69, 9.17) is 5.11 Å². The maximum absolute atomic E-state index is 12.1. The van der Waals surface area contributed by atoms with Gasteiger partial charge in [0.15, 0.2) is 0 Å². The van der Waals surface area contributed by atoms with E-state index in [1.54, 1.807) is 6.20 Å². The number of aliphatic carboxylic acids is 1. The second-order valence-electron chi connectivity index (χ2n) is 5.03. The van der Waals surface area contributed by atoms with Crippen LogP contribution in [0.1, 0.15) is 37.9 Å². The number of rotatable bonds is 4. The Morgan fingerprint density at radius 3 is 2.68 bits per heavy atom. The summed E-state index contributed by atoms with van der Waals surface area (Å²) in [7, 11) is 0. The molecule has 2 rings (SSSR count). The standard InChI is InChI=1S/C14H18N2O3/c1-9(12-4-2-3-7-15-12)16-13(17)10-5-6-11(8-10)14(18)19/h2-4,7,9-11H,5-6,8H2,1H3,(H,16,17)(H,18,19). The van der Waals surface area contributed by atoms with Gasteiger partial charge in [-0.15, -0.1) is 0 Å². The summed E-state index contributed by atoms with van der Waals surface area (Å²) in [5.74, 6) is -1.43. The maximum Gasteiger partial charge on any atom is 0.306 e. The lowest BCUT2D eigenvalue weighted by Crippen LogP contribution is -2.32. The van der Waals surface area contributed by atoms with Crippen LogP contribution in [0.4, 0.5) is 0 Å². The quantitative estimate of drug-likeness (QED) is 0.866. The first-order chi connectivity index (χ1) is 9.08. The molecule has 1 aromatic heterocycles. The molecule has 0 aromatic carbocycles. The molecule has 5 heteroatoms. The van der Waals surface area contributed by atoms with Crippen LogP contribution >= 0.6 is 0 Å². The number of amides is 1. The Morgan fingerprint density at radius 2 is 2.11 bits per heavy atom. The number of aromatic nitrogens is 1. The van der Waals surface area contributed by atoms with Gasteiger partial charge in [0.2, 0.25) is 5.91 Å². The fourth-order valence-corrected chi connectivity index (χ4v) is 2.48. The first kappa shape index (κ1) is 13.5. The highest BCUT2D eigenvalue weighted by atomic mass is 16.4. The molecule has 1 fully saturated rings. The molecule has 5 nitrogen and oxygen atoms in total. The van der Waals surface area contributed by atoms with Gasteiger partial charge in [0, 0.05) is 12.1 Å². The van der Waals surface area contributed by atoms with Crippen molar-refractivity contribution in [3.05, 3.63) is 30.1 Å². The van der Waals surface area contributed by atoms with Crippen LogP contribution in [0.25, 0.3) is 0 Å². The van der Waals surface area contributed by atoms with Crippen molar-refractivity contribution in [3.63, 3.8) is 0 Å². The van der Waals surface area contributed by atoms with Gasteiger partial charge in [0.1, 0.15) is 0 Å². The van der Waals surface area contributed by atoms with Gasteiger partial charge in [0.05, 0.1) is 17.7 Å². The number of nitrogens with zero attached hydrogens (tertiary/aromatic N) is 1. The molecule has 3 atom stereocenters. The molecule has 0 aliphatic heterocycles. The first-order valence-electron chi connectivity index (χ1n) is 6.52. The molecule has 1 aliphatic rings. The molecule has 1 aliphatic carbocycles. The van der Waals surface area contributed by atoms with E-state index in [2.05, 4.69) is 10.3 Å². The van der Waals surface area contributed by atoms with E-state index in [9.17, 15) is 9.59 Å². The predicted octanol–water partition coefficient (Wildman–Crippen LogP) is 1.76. The maximum atomic E-state index is 12.1. The van der Waals surface area contributed by atoms with E-state index >= 15 is 0 Å². The number of carboxylic acids is 1. The van der Waals surface area contributed by atoms with Crippen molar-refractivity contribution in [2.75, 3.05) is 0 Å². The molecule has 1 amide bonds. The van der Waals surface area contributed by atoms with E-state index in [1.165, 1.54) is 0 Å². The molecular weight excluding hydrogens is 244 g/mol. The average Bonchev–Trinajstić information content (AvgIpc) is 2.89. The van der Waals surface area contributed by atoms with Crippen LogP contribution in [-0.4, -0.2) is 22.0 Å². The largest absolute Gasteiger partial charge is 0.481 e. The van der Waals surface area contributed by atoms with Crippen molar-refractivity contribution in [1.29, 1.82) is 0 Å². The highest BCUT2D eigenvalue weighted by molar-refractivity contribution is 5.81. The van der Waals surface area contributed by atoms with Crippen LogP contribution in [0.2, 0.25) is 0 Å². The van der Waals surface area contributed by atoms with E-state index < -0.39 is 5.97 Å². The van der Waals surface area contributed by atoms with Gasteiger partial charge in [-0.1, -0.05) is 6.07 Å². The third-order valence-electron chi connectivity index (χ3n) is 3.64. The Kier molecular flexibility index (Phi) is 4.14. The molecule has 0 bridgehead atoms. The number of carbonyl (C=O) groups excluding carboxylic acids is 1. The lowest BCUT2D eigenvalue weighted by Gasteiger charge is -2.16. The molecule has 2 N–H and O–H groups in total. The summed E-state index contributed by atoms with van der Waals surface area (Å²) < 4.78 is 0. The van der Waals surface area contributed by atoms with Crippen molar-refractivity contribution < 1.29 is 14.7 Å². The Labute approximate surface area is 112 Å². The summed E-state index contributed by atoms with van der Waals surface area (Å²) >= 11 is 0.